The Morgan fingerprint density at radius 1 is 1.18 bits per heavy atom. The first kappa shape index (κ1) is 6.84. The highest BCUT2D eigenvalue weighted by molar-refractivity contribution is 5.17. The van der Waals surface area contributed by atoms with Crippen molar-refractivity contribution in [1.82, 2.24) is 0 Å². The molecule has 1 aromatic rings. The van der Waals surface area contributed by atoms with Gasteiger partial charge in [-0.25, -0.2) is 4.39 Å². The van der Waals surface area contributed by atoms with Crippen LogP contribution in [0.1, 0.15) is 18.4 Å². The fraction of sp³-hybridized carbons (Fsp3) is 0.400. The van der Waals surface area contributed by atoms with Crippen LogP contribution < -0.4 is 0 Å². The Kier molecular flexibility index (Phi) is 1.65. The largest absolute Gasteiger partial charge is 0.207 e. The van der Waals surface area contributed by atoms with E-state index in [1.54, 1.807) is 0 Å². The van der Waals surface area contributed by atoms with E-state index < -0.39 is 0 Å². The summed E-state index contributed by atoms with van der Waals surface area (Å²) in [5.41, 5.74) is 1.27. The molecule has 0 spiro atoms. The molecule has 1 fully saturated rings. The van der Waals surface area contributed by atoms with E-state index in [1.165, 1.54) is 30.5 Å². The van der Waals surface area contributed by atoms with Gasteiger partial charge in [-0.3, -0.25) is 0 Å². The molecule has 1 aromatic carbocycles. The zero-order valence-corrected chi connectivity index (χ0v) is 6.39. The molecule has 0 aliphatic heterocycles. The molecule has 0 bridgehead atoms. The van der Waals surface area contributed by atoms with Gasteiger partial charge in [0.15, 0.2) is 0 Å². The third kappa shape index (κ3) is 1.79. The molecule has 0 N–H and O–H groups in total. The Bertz CT molecular complexity index is 234. The number of halogens is 1. The molecule has 11 heavy (non-hydrogen) atoms. The van der Waals surface area contributed by atoms with Gasteiger partial charge in [0.05, 0.1) is 0 Å². The molecule has 1 aliphatic rings. The lowest BCUT2D eigenvalue weighted by molar-refractivity contribution is 0.626. The first-order chi connectivity index (χ1) is 5.34. The van der Waals surface area contributed by atoms with Crippen LogP contribution in [0.2, 0.25) is 0 Å². The molecular weight excluding hydrogens is 139 g/mol. The van der Waals surface area contributed by atoms with Gasteiger partial charge in [-0.2, -0.15) is 0 Å². The van der Waals surface area contributed by atoms with Crippen molar-refractivity contribution in [3.8, 4) is 0 Å². The van der Waals surface area contributed by atoms with Crippen LogP contribution in [0.15, 0.2) is 24.3 Å². The maximum absolute atomic E-state index is 12.4. The molecule has 1 saturated carbocycles. The fourth-order valence-corrected chi connectivity index (χ4v) is 1.28. The molecule has 0 aromatic heterocycles. The lowest BCUT2D eigenvalue weighted by Gasteiger charge is -1.97. The van der Waals surface area contributed by atoms with Crippen molar-refractivity contribution < 1.29 is 4.39 Å². The van der Waals surface area contributed by atoms with Crippen LogP contribution in [0.25, 0.3) is 0 Å². The first-order valence-electron chi connectivity index (χ1n) is 4.09. The van der Waals surface area contributed by atoms with E-state index in [1.807, 2.05) is 12.1 Å². The molecule has 0 nitrogen and oxygen atoms in total. The summed E-state index contributed by atoms with van der Waals surface area (Å²) >= 11 is 0. The van der Waals surface area contributed by atoms with E-state index in [0.717, 1.165) is 12.3 Å². The predicted octanol–water partition coefficient (Wildman–Crippen LogP) is 2.78. The quantitative estimate of drug-likeness (QED) is 0.608. The van der Waals surface area contributed by atoms with Crippen molar-refractivity contribution in [2.24, 2.45) is 5.92 Å². The summed E-state index contributed by atoms with van der Waals surface area (Å²) in [5.74, 6) is 0.755. The lowest BCUT2D eigenvalue weighted by atomic mass is 10.1. The minimum absolute atomic E-state index is 0.135. The van der Waals surface area contributed by atoms with Gasteiger partial charge in [-0.15, -0.1) is 0 Å². The van der Waals surface area contributed by atoms with Crippen molar-refractivity contribution >= 4 is 0 Å². The number of rotatable bonds is 2. The van der Waals surface area contributed by atoms with Crippen LogP contribution in [0.4, 0.5) is 4.39 Å². The second-order valence-corrected chi connectivity index (χ2v) is 3.27. The van der Waals surface area contributed by atoms with Crippen molar-refractivity contribution in [3.63, 3.8) is 0 Å². The summed E-state index contributed by atoms with van der Waals surface area (Å²) in [6.45, 7) is 0. The van der Waals surface area contributed by atoms with Crippen LogP contribution >= 0.6 is 0 Å². The Hall–Kier alpha value is -0.850. The van der Waals surface area contributed by atoms with Gasteiger partial charge in [-0.1, -0.05) is 12.1 Å². The van der Waals surface area contributed by atoms with Crippen LogP contribution in [0, 0.1) is 11.7 Å². The summed E-state index contributed by atoms with van der Waals surface area (Å²) in [4.78, 5) is 0. The molecule has 1 aliphatic carbocycles. The van der Waals surface area contributed by atoms with Crippen LogP contribution in [0.5, 0.6) is 0 Å². The smallest absolute Gasteiger partial charge is 0.123 e. The minimum atomic E-state index is -0.135. The minimum Gasteiger partial charge on any atom is -0.207 e. The molecular formula is C10H11F. The normalized spacial score (nSPS) is 16.8. The predicted molar refractivity (Wildman–Crippen MR) is 42.8 cm³/mol. The molecule has 0 saturated heterocycles. The zero-order chi connectivity index (χ0) is 7.68. The van der Waals surface area contributed by atoms with Gasteiger partial charge in [0, 0.05) is 0 Å². The lowest BCUT2D eigenvalue weighted by Crippen LogP contribution is -1.86. The van der Waals surface area contributed by atoms with Crippen LogP contribution in [-0.2, 0) is 6.42 Å². The number of benzene rings is 1. The Balaban J connectivity index is 2.06. The highest BCUT2D eigenvalue weighted by Gasteiger charge is 2.20. The summed E-state index contributed by atoms with van der Waals surface area (Å²) in [6.07, 6.45) is 3.86. The van der Waals surface area contributed by atoms with Gasteiger partial charge in [0.1, 0.15) is 5.82 Å². The van der Waals surface area contributed by atoms with Gasteiger partial charge in [0.2, 0.25) is 0 Å². The molecule has 0 radical (unpaired) electrons. The Labute approximate surface area is 66.1 Å². The molecule has 0 atom stereocenters. The third-order valence-corrected chi connectivity index (χ3v) is 2.13. The highest BCUT2D eigenvalue weighted by atomic mass is 19.1. The average molecular weight is 150 g/mol. The van der Waals surface area contributed by atoms with E-state index in [4.69, 9.17) is 0 Å². The van der Waals surface area contributed by atoms with Gasteiger partial charge in [-0.05, 0) is 42.9 Å². The molecule has 1 heteroatoms. The SMILES string of the molecule is Fc1ccc(CC2CC2)cc1. The van der Waals surface area contributed by atoms with Crippen LogP contribution in [0.3, 0.4) is 0 Å². The second-order valence-electron chi connectivity index (χ2n) is 3.27. The van der Waals surface area contributed by atoms with E-state index in [0.29, 0.717) is 0 Å². The number of hydrogen-bond acceptors (Lipinski definition) is 0. The zero-order valence-electron chi connectivity index (χ0n) is 6.39. The summed E-state index contributed by atoms with van der Waals surface area (Å²) < 4.78 is 12.4. The third-order valence-electron chi connectivity index (χ3n) is 2.13. The average Bonchev–Trinajstić information content (AvgIpc) is 2.78. The summed E-state index contributed by atoms with van der Waals surface area (Å²) in [5, 5.41) is 0. The maximum atomic E-state index is 12.4. The van der Waals surface area contributed by atoms with Gasteiger partial charge in [0.25, 0.3) is 0 Å². The molecule has 0 amide bonds. The molecule has 58 valence electrons. The van der Waals surface area contributed by atoms with Crippen molar-refractivity contribution in [2.75, 3.05) is 0 Å². The highest BCUT2D eigenvalue weighted by Crippen LogP contribution is 2.32. The molecule has 0 heterocycles. The molecule has 2 rings (SSSR count). The maximum Gasteiger partial charge on any atom is 0.123 e. The monoisotopic (exact) mass is 150 g/mol. The van der Waals surface area contributed by atoms with Gasteiger partial charge >= 0.3 is 0 Å². The van der Waals surface area contributed by atoms with E-state index >= 15 is 0 Å². The standard InChI is InChI=1S/C10H11F/c11-10-5-3-9(4-6-10)7-8-1-2-8/h3-6,8H,1-2,7H2. The van der Waals surface area contributed by atoms with Crippen molar-refractivity contribution in [3.05, 3.63) is 35.6 Å². The topological polar surface area (TPSA) is 0 Å². The van der Waals surface area contributed by atoms with Crippen LogP contribution in [-0.4, -0.2) is 0 Å². The van der Waals surface area contributed by atoms with E-state index in [9.17, 15) is 4.39 Å². The Morgan fingerprint density at radius 2 is 1.82 bits per heavy atom. The molecule has 0 unspecified atom stereocenters. The fourth-order valence-electron chi connectivity index (χ4n) is 1.28. The second kappa shape index (κ2) is 2.65. The van der Waals surface area contributed by atoms with Crippen molar-refractivity contribution in [2.45, 2.75) is 19.3 Å². The first-order valence-corrected chi connectivity index (χ1v) is 4.09. The summed E-state index contributed by atoms with van der Waals surface area (Å²) in [6, 6.07) is 6.84. The van der Waals surface area contributed by atoms with E-state index in [2.05, 4.69) is 0 Å². The van der Waals surface area contributed by atoms with Gasteiger partial charge < -0.3 is 0 Å². The number of hydrogen-bond donors (Lipinski definition) is 0. The van der Waals surface area contributed by atoms with Crippen molar-refractivity contribution in [1.29, 1.82) is 0 Å². The summed E-state index contributed by atoms with van der Waals surface area (Å²) in [7, 11) is 0. The van der Waals surface area contributed by atoms with E-state index in [-0.39, 0.29) is 5.82 Å². The Morgan fingerprint density at radius 3 is 2.36 bits per heavy atom.